The van der Waals surface area contributed by atoms with Crippen LogP contribution in [0.4, 0.5) is 17.6 Å². The molecule has 0 saturated carbocycles. The third kappa shape index (κ3) is 4.30. The molecule has 0 aliphatic carbocycles. The Morgan fingerprint density at radius 1 is 1.12 bits per heavy atom. The number of ether oxygens (including phenoxy) is 2. The van der Waals surface area contributed by atoms with Gasteiger partial charge in [0.2, 0.25) is 5.79 Å². The number of benzene rings is 2. The number of nitrogens with zero attached hydrogens (tertiary/aromatic N) is 1. The number of alkyl halides is 3. The van der Waals surface area contributed by atoms with Gasteiger partial charge in [-0.25, -0.2) is 9.37 Å². The molecule has 0 amide bonds. The molecule has 1 unspecified atom stereocenters. The van der Waals surface area contributed by atoms with E-state index in [1.165, 1.54) is 37.3 Å². The van der Waals surface area contributed by atoms with E-state index in [4.69, 9.17) is 4.74 Å². The second kappa shape index (κ2) is 6.58. The molecule has 3 rings (SSSR count). The van der Waals surface area contributed by atoms with Gasteiger partial charge in [0, 0.05) is 6.07 Å². The molecular weight excluding hydrogens is 356 g/mol. The van der Waals surface area contributed by atoms with Crippen LogP contribution in [-0.4, -0.2) is 21.4 Å². The highest BCUT2D eigenvalue weighted by Crippen LogP contribution is 2.26. The molecule has 0 aliphatic heterocycles. The van der Waals surface area contributed by atoms with Crippen LogP contribution in [0.2, 0.25) is 0 Å². The van der Waals surface area contributed by atoms with Crippen LogP contribution in [0.15, 0.2) is 42.5 Å². The lowest BCUT2D eigenvalue weighted by atomic mass is 10.2. The lowest BCUT2D eigenvalue weighted by molar-refractivity contribution is -0.274. The van der Waals surface area contributed by atoms with Crippen LogP contribution < -0.4 is 4.74 Å². The van der Waals surface area contributed by atoms with Crippen molar-refractivity contribution in [3.05, 3.63) is 59.7 Å². The Morgan fingerprint density at radius 3 is 2.46 bits per heavy atom. The second-order valence-corrected chi connectivity index (χ2v) is 5.71. The van der Waals surface area contributed by atoms with Crippen molar-refractivity contribution in [2.75, 3.05) is 0 Å². The fraction of sp³-hybridized carbons (Fsp3) is 0.235. The zero-order chi connectivity index (χ0) is 18.9. The van der Waals surface area contributed by atoms with E-state index in [1.54, 1.807) is 0 Å². The Morgan fingerprint density at radius 2 is 1.81 bits per heavy atom. The number of aliphatic hydroxyl groups is 1. The molecule has 9 heteroatoms. The number of H-pyrrole nitrogens is 1. The Balaban J connectivity index is 1.69. The van der Waals surface area contributed by atoms with Gasteiger partial charge in [0.05, 0.1) is 17.6 Å². The first kappa shape index (κ1) is 18.2. The van der Waals surface area contributed by atoms with Crippen molar-refractivity contribution >= 4 is 11.0 Å². The normalized spacial score (nSPS) is 14.4. The van der Waals surface area contributed by atoms with Crippen LogP contribution in [0.1, 0.15) is 18.3 Å². The molecular formula is C17H14F4N2O3. The van der Waals surface area contributed by atoms with E-state index >= 15 is 0 Å². The number of aromatic nitrogens is 2. The van der Waals surface area contributed by atoms with Gasteiger partial charge in [-0.1, -0.05) is 12.1 Å². The van der Waals surface area contributed by atoms with Gasteiger partial charge in [0.15, 0.2) is 5.82 Å². The van der Waals surface area contributed by atoms with E-state index in [0.717, 1.165) is 12.1 Å². The third-order valence-corrected chi connectivity index (χ3v) is 3.56. The Kier molecular flexibility index (Phi) is 4.59. The lowest BCUT2D eigenvalue weighted by Crippen LogP contribution is -2.26. The van der Waals surface area contributed by atoms with E-state index in [-0.39, 0.29) is 18.2 Å². The number of nitrogens with one attached hydrogen (secondary N) is 1. The van der Waals surface area contributed by atoms with Crippen LogP contribution >= 0.6 is 0 Å². The predicted molar refractivity (Wildman–Crippen MR) is 83.5 cm³/mol. The zero-order valence-electron chi connectivity index (χ0n) is 13.5. The van der Waals surface area contributed by atoms with Crippen molar-refractivity contribution in [2.24, 2.45) is 0 Å². The molecule has 5 nitrogen and oxygen atoms in total. The monoisotopic (exact) mass is 370 g/mol. The molecule has 0 spiro atoms. The van der Waals surface area contributed by atoms with Crippen LogP contribution in [0.25, 0.3) is 11.0 Å². The number of rotatable bonds is 5. The van der Waals surface area contributed by atoms with E-state index in [0.29, 0.717) is 16.6 Å². The fourth-order valence-corrected chi connectivity index (χ4v) is 2.28. The van der Waals surface area contributed by atoms with Crippen molar-refractivity contribution in [3.8, 4) is 5.75 Å². The largest absolute Gasteiger partial charge is 0.573 e. The maximum atomic E-state index is 13.2. The minimum absolute atomic E-state index is 0.0788. The minimum atomic E-state index is -4.76. The Labute approximate surface area is 145 Å². The Hall–Kier alpha value is -2.65. The van der Waals surface area contributed by atoms with Crippen LogP contribution in [0.5, 0.6) is 5.75 Å². The van der Waals surface area contributed by atoms with Crippen molar-refractivity contribution in [1.29, 1.82) is 0 Å². The molecule has 1 atom stereocenters. The molecule has 2 aromatic carbocycles. The van der Waals surface area contributed by atoms with E-state index in [9.17, 15) is 22.7 Å². The van der Waals surface area contributed by atoms with Gasteiger partial charge >= 0.3 is 6.36 Å². The first-order chi connectivity index (χ1) is 12.1. The summed E-state index contributed by atoms with van der Waals surface area (Å²) in [6.07, 6.45) is -4.76. The molecule has 138 valence electrons. The number of hydrogen-bond acceptors (Lipinski definition) is 4. The fourth-order valence-electron chi connectivity index (χ4n) is 2.28. The average molecular weight is 370 g/mol. The van der Waals surface area contributed by atoms with Crippen molar-refractivity contribution < 1.29 is 32.1 Å². The molecule has 0 saturated heterocycles. The van der Waals surface area contributed by atoms with Gasteiger partial charge in [-0.2, -0.15) is 0 Å². The lowest BCUT2D eigenvalue weighted by Gasteiger charge is -2.21. The molecule has 3 aromatic rings. The molecule has 2 N–H and O–H groups in total. The number of halogens is 4. The molecule has 0 radical (unpaired) electrons. The van der Waals surface area contributed by atoms with E-state index < -0.39 is 18.0 Å². The maximum absolute atomic E-state index is 13.2. The van der Waals surface area contributed by atoms with E-state index in [2.05, 4.69) is 14.7 Å². The average Bonchev–Trinajstić information content (AvgIpc) is 2.97. The first-order valence-electron chi connectivity index (χ1n) is 7.49. The summed E-state index contributed by atoms with van der Waals surface area (Å²) in [6.45, 7) is 1.26. The maximum Gasteiger partial charge on any atom is 0.573 e. The highest BCUT2D eigenvalue weighted by Gasteiger charge is 2.31. The van der Waals surface area contributed by atoms with Crippen LogP contribution in [0, 0.1) is 5.82 Å². The van der Waals surface area contributed by atoms with Gasteiger partial charge in [-0.3, -0.25) is 0 Å². The standard InChI is InChI=1S/C17H14F4N2O3/c1-16(24,15-22-13-7-4-11(18)8-14(13)23-15)25-9-10-2-5-12(6-3-10)26-17(19,20)21/h2-8,24H,9H2,1H3,(H,22,23). The quantitative estimate of drug-likeness (QED) is 0.527. The molecule has 1 aromatic heterocycles. The number of fused-ring (bicyclic) bond motifs is 1. The molecule has 0 aliphatic rings. The summed E-state index contributed by atoms with van der Waals surface area (Å²) >= 11 is 0. The summed E-state index contributed by atoms with van der Waals surface area (Å²) in [5.41, 5.74) is 1.37. The van der Waals surface area contributed by atoms with Crippen LogP contribution in [0.3, 0.4) is 0 Å². The summed E-state index contributed by atoms with van der Waals surface area (Å²) in [5, 5.41) is 10.4. The van der Waals surface area contributed by atoms with Gasteiger partial charge < -0.3 is 19.6 Å². The summed E-state index contributed by atoms with van der Waals surface area (Å²) in [4.78, 5) is 6.93. The van der Waals surface area contributed by atoms with Gasteiger partial charge in [-0.15, -0.1) is 13.2 Å². The highest BCUT2D eigenvalue weighted by atomic mass is 19.4. The number of imidazole rings is 1. The predicted octanol–water partition coefficient (Wildman–Crippen LogP) is 3.98. The van der Waals surface area contributed by atoms with Crippen molar-refractivity contribution in [1.82, 2.24) is 9.97 Å². The summed E-state index contributed by atoms with van der Waals surface area (Å²) in [6, 6.07) is 9.00. The second-order valence-electron chi connectivity index (χ2n) is 5.71. The third-order valence-electron chi connectivity index (χ3n) is 3.56. The van der Waals surface area contributed by atoms with Gasteiger partial charge in [0.25, 0.3) is 0 Å². The molecule has 1 heterocycles. The van der Waals surface area contributed by atoms with E-state index in [1.807, 2.05) is 0 Å². The number of hydrogen-bond donors (Lipinski definition) is 2. The zero-order valence-corrected chi connectivity index (χ0v) is 13.5. The van der Waals surface area contributed by atoms with Crippen LogP contribution in [-0.2, 0) is 17.1 Å². The highest BCUT2D eigenvalue weighted by molar-refractivity contribution is 5.75. The van der Waals surface area contributed by atoms with Gasteiger partial charge in [-0.05, 0) is 36.8 Å². The van der Waals surface area contributed by atoms with Gasteiger partial charge in [0.1, 0.15) is 11.6 Å². The molecule has 0 fully saturated rings. The first-order valence-corrected chi connectivity index (χ1v) is 7.49. The summed E-state index contributed by atoms with van der Waals surface area (Å²) in [5.74, 6) is -2.55. The number of aromatic amines is 1. The SMILES string of the molecule is CC(O)(OCc1ccc(OC(F)(F)F)cc1)c1nc2cc(F)ccc2[nH]1. The minimum Gasteiger partial charge on any atom is -0.406 e. The molecule has 0 bridgehead atoms. The Bertz CT molecular complexity index is 905. The van der Waals surface area contributed by atoms with Crippen molar-refractivity contribution in [3.63, 3.8) is 0 Å². The topological polar surface area (TPSA) is 67.4 Å². The smallest absolute Gasteiger partial charge is 0.406 e. The summed E-state index contributed by atoms with van der Waals surface area (Å²) < 4.78 is 58.8. The summed E-state index contributed by atoms with van der Waals surface area (Å²) in [7, 11) is 0. The van der Waals surface area contributed by atoms with Crippen molar-refractivity contribution in [2.45, 2.75) is 25.7 Å². The molecule has 26 heavy (non-hydrogen) atoms.